The van der Waals surface area contributed by atoms with E-state index in [1.807, 2.05) is 83.4 Å². The predicted molar refractivity (Wildman–Crippen MR) is 128 cm³/mol. The number of aromatic nitrogens is 3. The third-order valence-corrected chi connectivity index (χ3v) is 4.36. The van der Waals surface area contributed by atoms with E-state index in [0.717, 1.165) is 28.5 Å². The number of pyridine rings is 1. The number of nitrogens with one attached hydrogen (secondary N) is 2. The van der Waals surface area contributed by atoms with Gasteiger partial charge in [-0.25, -0.2) is 0 Å². The van der Waals surface area contributed by atoms with Crippen molar-refractivity contribution in [1.82, 2.24) is 25.2 Å². The lowest BCUT2D eigenvalue weighted by Crippen LogP contribution is -2.36. The van der Waals surface area contributed by atoms with Gasteiger partial charge in [0.2, 0.25) is 0 Å². The van der Waals surface area contributed by atoms with Crippen LogP contribution in [0.1, 0.15) is 11.4 Å². The molecule has 0 saturated carbocycles. The van der Waals surface area contributed by atoms with Gasteiger partial charge in [-0.05, 0) is 42.0 Å². The third-order valence-electron chi connectivity index (χ3n) is 4.36. The maximum Gasteiger partial charge on any atom is 0.191 e. The summed E-state index contributed by atoms with van der Waals surface area (Å²) in [6.07, 6.45) is 1.95. The topological polar surface area (TPSA) is 75.8 Å². The first kappa shape index (κ1) is 21.6. The molecule has 4 rings (SSSR count). The van der Waals surface area contributed by atoms with E-state index in [0.29, 0.717) is 19.0 Å². The van der Waals surface area contributed by atoms with Crippen LogP contribution in [0.25, 0.3) is 5.65 Å². The molecule has 0 amide bonds. The van der Waals surface area contributed by atoms with E-state index in [9.17, 15) is 0 Å². The second-order valence-electron chi connectivity index (χ2n) is 6.39. The molecule has 2 N–H and O–H groups in total. The van der Waals surface area contributed by atoms with E-state index < -0.39 is 0 Å². The second kappa shape index (κ2) is 10.6. The molecule has 0 aliphatic carbocycles. The number of guanidine groups is 1. The maximum atomic E-state index is 5.90. The number of halogens is 1. The van der Waals surface area contributed by atoms with Crippen LogP contribution in [-0.2, 0) is 13.1 Å². The number of fused-ring (bicyclic) bond motifs is 1. The first-order valence-electron chi connectivity index (χ1n) is 9.37. The molecule has 7 nitrogen and oxygen atoms in total. The molecule has 0 aliphatic rings. The zero-order valence-electron chi connectivity index (χ0n) is 16.5. The van der Waals surface area contributed by atoms with Crippen LogP contribution in [0.4, 0.5) is 0 Å². The average molecular weight is 514 g/mol. The summed E-state index contributed by atoms with van der Waals surface area (Å²) in [5.41, 5.74) is 1.91. The number of rotatable bonds is 6. The Labute approximate surface area is 192 Å². The summed E-state index contributed by atoms with van der Waals surface area (Å²) in [6.45, 7) is 1.13. The van der Waals surface area contributed by atoms with Crippen LogP contribution in [0, 0.1) is 0 Å². The fourth-order valence-corrected chi connectivity index (χ4v) is 2.92. The maximum absolute atomic E-state index is 5.90. The highest BCUT2D eigenvalue weighted by Crippen LogP contribution is 2.21. The molecule has 0 saturated heterocycles. The van der Waals surface area contributed by atoms with Crippen molar-refractivity contribution in [2.24, 2.45) is 4.99 Å². The van der Waals surface area contributed by atoms with Crippen molar-refractivity contribution in [3.05, 3.63) is 90.4 Å². The Bertz CT molecular complexity index is 1110. The number of benzene rings is 2. The first-order valence-corrected chi connectivity index (χ1v) is 9.37. The summed E-state index contributed by atoms with van der Waals surface area (Å²) in [7, 11) is 1.74. The number of aliphatic imine (C=N–C) groups is 1. The molecule has 2 aromatic heterocycles. The zero-order chi connectivity index (χ0) is 19.9. The minimum Gasteiger partial charge on any atom is -0.457 e. The molecule has 4 aromatic rings. The van der Waals surface area contributed by atoms with Crippen molar-refractivity contribution in [2.45, 2.75) is 13.1 Å². The molecule has 30 heavy (non-hydrogen) atoms. The Morgan fingerprint density at radius 1 is 0.900 bits per heavy atom. The van der Waals surface area contributed by atoms with Crippen molar-refractivity contribution in [3.8, 4) is 11.5 Å². The van der Waals surface area contributed by atoms with Gasteiger partial charge in [-0.1, -0.05) is 36.4 Å². The number of ether oxygens (including phenoxy) is 1. The number of para-hydroxylation sites is 1. The molecule has 154 valence electrons. The molecule has 0 fully saturated rings. The Balaban J connectivity index is 0.00000256. The van der Waals surface area contributed by atoms with Gasteiger partial charge in [0.1, 0.15) is 11.5 Å². The van der Waals surface area contributed by atoms with Crippen molar-refractivity contribution in [3.63, 3.8) is 0 Å². The summed E-state index contributed by atoms with van der Waals surface area (Å²) in [5.74, 6) is 3.12. The number of hydrogen-bond donors (Lipinski definition) is 2. The Kier molecular flexibility index (Phi) is 7.61. The van der Waals surface area contributed by atoms with Crippen LogP contribution < -0.4 is 15.4 Å². The Morgan fingerprint density at radius 2 is 1.67 bits per heavy atom. The van der Waals surface area contributed by atoms with Crippen LogP contribution >= 0.6 is 24.0 Å². The van der Waals surface area contributed by atoms with E-state index in [1.54, 1.807) is 7.05 Å². The summed E-state index contributed by atoms with van der Waals surface area (Å²) in [5, 5.41) is 15.0. The van der Waals surface area contributed by atoms with Crippen molar-refractivity contribution < 1.29 is 4.74 Å². The van der Waals surface area contributed by atoms with Crippen molar-refractivity contribution in [1.29, 1.82) is 0 Å². The predicted octanol–water partition coefficient (Wildman–Crippen LogP) is 4.00. The molecule has 2 aromatic carbocycles. The van der Waals surface area contributed by atoms with Gasteiger partial charge in [-0.15, -0.1) is 34.2 Å². The molecule has 0 radical (unpaired) electrons. The standard InChI is InChI=1S/C22H22N6O.HI/c1-23-22(25-16-21-27-26-20-12-5-6-13-28(20)21)24-15-17-8-7-11-19(14-17)29-18-9-3-2-4-10-18;/h2-14H,15-16H2,1H3,(H2,23,24,25);1H. The van der Waals surface area contributed by atoms with Gasteiger partial charge in [-0.2, -0.15) is 0 Å². The monoisotopic (exact) mass is 514 g/mol. The van der Waals surface area contributed by atoms with Crippen LogP contribution in [0.5, 0.6) is 11.5 Å². The molecule has 8 heteroatoms. The molecular formula is C22H23IN6O. The van der Waals surface area contributed by atoms with Gasteiger partial charge in [0.15, 0.2) is 17.4 Å². The van der Waals surface area contributed by atoms with Crippen LogP contribution in [-0.4, -0.2) is 27.6 Å². The summed E-state index contributed by atoms with van der Waals surface area (Å²) < 4.78 is 7.85. The second-order valence-corrected chi connectivity index (χ2v) is 6.39. The van der Waals surface area contributed by atoms with Crippen LogP contribution in [0.15, 0.2) is 84.0 Å². The van der Waals surface area contributed by atoms with Gasteiger partial charge in [-0.3, -0.25) is 9.39 Å². The summed E-state index contributed by atoms with van der Waals surface area (Å²) in [6, 6.07) is 23.5. The summed E-state index contributed by atoms with van der Waals surface area (Å²) in [4.78, 5) is 4.28. The fourth-order valence-electron chi connectivity index (χ4n) is 2.92. The van der Waals surface area contributed by atoms with Crippen LogP contribution in [0.2, 0.25) is 0 Å². The quantitative estimate of drug-likeness (QED) is 0.231. The molecule has 0 atom stereocenters. The van der Waals surface area contributed by atoms with Gasteiger partial charge in [0.05, 0.1) is 6.54 Å². The zero-order valence-corrected chi connectivity index (χ0v) is 18.9. The molecule has 0 spiro atoms. The minimum atomic E-state index is 0. The third kappa shape index (κ3) is 5.47. The van der Waals surface area contributed by atoms with Gasteiger partial charge in [0.25, 0.3) is 0 Å². The smallest absolute Gasteiger partial charge is 0.191 e. The highest BCUT2D eigenvalue weighted by atomic mass is 127. The van der Waals surface area contributed by atoms with Crippen LogP contribution in [0.3, 0.4) is 0 Å². The van der Waals surface area contributed by atoms with Gasteiger partial charge >= 0.3 is 0 Å². The minimum absolute atomic E-state index is 0. The molecule has 0 bridgehead atoms. The van der Waals surface area contributed by atoms with Gasteiger partial charge < -0.3 is 15.4 Å². The fraction of sp³-hybridized carbons (Fsp3) is 0.136. The number of nitrogens with zero attached hydrogens (tertiary/aromatic N) is 4. The van der Waals surface area contributed by atoms with E-state index in [2.05, 4.69) is 25.8 Å². The Hall–Kier alpha value is -3.14. The molecule has 0 unspecified atom stereocenters. The highest BCUT2D eigenvalue weighted by molar-refractivity contribution is 14.0. The molecular weight excluding hydrogens is 491 g/mol. The normalized spacial score (nSPS) is 11.0. The van der Waals surface area contributed by atoms with E-state index >= 15 is 0 Å². The highest BCUT2D eigenvalue weighted by Gasteiger charge is 2.06. The van der Waals surface area contributed by atoms with E-state index in [4.69, 9.17) is 4.74 Å². The van der Waals surface area contributed by atoms with E-state index in [1.165, 1.54) is 0 Å². The largest absolute Gasteiger partial charge is 0.457 e. The van der Waals surface area contributed by atoms with Crippen molar-refractivity contribution >= 4 is 35.6 Å². The number of hydrogen-bond acceptors (Lipinski definition) is 4. The van der Waals surface area contributed by atoms with Crippen molar-refractivity contribution in [2.75, 3.05) is 7.05 Å². The average Bonchev–Trinajstić information content (AvgIpc) is 3.18. The lowest BCUT2D eigenvalue weighted by Gasteiger charge is -2.12. The first-order chi connectivity index (χ1) is 14.3. The molecule has 0 aliphatic heterocycles. The lowest BCUT2D eigenvalue weighted by molar-refractivity contribution is 0.482. The Morgan fingerprint density at radius 3 is 2.50 bits per heavy atom. The lowest BCUT2D eigenvalue weighted by atomic mass is 10.2. The SMILES string of the molecule is CN=C(NCc1cccc(Oc2ccccc2)c1)NCc1nnc2ccccn12.I. The summed E-state index contributed by atoms with van der Waals surface area (Å²) >= 11 is 0. The van der Waals surface area contributed by atoms with Gasteiger partial charge in [0, 0.05) is 19.8 Å². The van der Waals surface area contributed by atoms with E-state index in [-0.39, 0.29) is 24.0 Å². The molecule has 2 heterocycles.